The number of ether oxygens (including phenoxy) is 1. The van der Waals surface area contributed by atoms with Gasteiger partial charge in [0.05, 0.1) is 19.0 Å². The number of hydrogen-bond acceptors (Lipinski definition) is 2. The Morgan fingerprint density at radius 2 is 1.93 bits per heavy atom. The average molecular weight is 228 g/mol. The molecule has 1 aliphatic heterocycles. The Kier molecular flexibility index (Phi) is 4.01. The fourth-order valence-electron chi connectivity index (χ4n) is 1.25. The Morgan fingerprint density at radius 1 is 1.27 bits per heavy atom. The van der Waals surface area contributed by atoms with E-state index < -0.39 is 8.32 Å². The lowest BCUT2D eigenvalue weighted by molar-refractivity contribution is 0.142. The molecule has 1 aliphatic rings. The molecule has 0 aromatic heterocycles. The van der Waals surface area contributed by atoms with Crippen molar-refractivity contribution in [3.63, 3.8) is 0 Å². The van der Waals surface area contributed by atoms with Crippen LogP contribution >= 0.6 is 0 Å². The van der Waals surface area contributed by atoms with Gasteiger partial charge in [0.2, 0.25) is 8.32 Å². The third-order valence-electron chi connectivity index (χ3n) is 3.32. The minimum atomic E-state index is -1.64. The largest absolute Gasteiger partial charge is 0.547 e. The second-order valence-electron chi connectivity index (χ2n) is 5.68. The molecule has 0 spiro atoms. The van der Waals surface area contributed by atoms with E-state index in [0.717, 1.165) is 31.8 Å². The molecule has 1 rings (SSSR count). The maximum atomic E-state index is 6.24. The van der Waals surface area contributed by atoms with Gasteiger partial charge in [-0.2, -0.15) is 0 Å². The first-order valence-electron chi connectivity index (χ1n) is 5.79. The number of rotatable bonds is 2. The normalized spacial score (nSPS) is 19.4. The molecule has 0 unspecified atom stereocenters. The van der Waals surface area contributed by atoms with Crippen molar-refractivity contribution in [3.05, 3.63) is 11.8 Å². The van der Waals surface area contributed by atoms with Gasteiger partial charge in [0.25, 0.3) is 0 Å². The molecule has 0 aromatic rings. The molecule has 0 saturated heterocycles. The molecule has 1 heterocycles. The first-order chi connectivity index (χ1) is 6.83. The van der Waals surface area contributed by atoms with Gasteiger partial charge in [-0.05, 0) is 30.6 Å². The Bertz CT molecular complexity index is 238. The molecule has 0 atom stereocenters. The summed E-state index contributed by atoms with van der Waals surface area (Å²) in [6.45, 7) is 13.0. The second-order valence-corrected chi connectivity index (χ2v) is 10.4. The molecule has 0 aliphatic carbocycles. The first-order valence-corrected chi connectivity index (χ1v) is 8.69. The summed E-state index contributed by atoms with van der Waals surface area (Å²) in [5, 5.41) is 0.279. The van der Waals surface area contributed by atoms with Crippen LogP contribution in [0.3, 0.4) is 0 Å². The van der Waals surface area contributed by atoms with Crippen molar-refractivity contribution in [2.24, 2.45) is 0 Å². The van der Waals surface area contributed by atoms with Crippen molar-refractivity contribution < 1.29 is 9.16 Å². The van der Waals surface area contributed by atoms with Crippen molar-refractivity contribution in [2.75, 3.05) is 13.2 Å². The van der Waals surface area contributed by atoms with Gasteiger partial charge < -0.3 is 9.16 Å². The zero-order valence-electron chi connectivity index (χ0n) is 10.7. The third-order valence-corrected chi connectivity index (χ3v) is 7.70. The summed E-state index contributed by atoms with van der Waals surface area (Å²) in [4.78, 5) is 0. The van der Waals surface area contributed by atoms with Crippen LogP contribution in [0.25, 0.3) is 0 Å². The molecule has 3 heteroatoms. The highest BCUT2D eigenvalue weighted by molar-refractivity contribution is 6.74. The van der Waals surface area contributed by atoms with Gasteiger partial charge in [0.1, 0.15) is 0 Å². The van der Waals surface area contributed by atoms with Gasteiger partial charge in [-0.3, -0.25) is 0 Å². The Hall–Kier alpha value is -0.283. The summed E-state index contributed by atoms with van der Waals surface area (Å²) >= 11 is 0. The Labute approximate surface area is 94.8 Å². The van der Waals surface area contributed by atoms with E-state index in [2.05, 4.69) is 39.9 Å². The van der Waals surface area contributed by atoms with Gasteiger partial charge >= 0.3 is 0 Å². The topological polar surface area (TPSA) is 18.5 Å². The minimum absolute atomic E-state index is 0.279. The van der Waals surface area contributed by atoms with Crippen LogP contribution in [-0.2, 0) is 9.16 Å². The van der Waals surface area contributed by atoms with Gasteiger partial charge in [-0.1, -0.05) is 20.8 Å². The molecule has 2 nitrogen and oxygen atoms in total. The van der Waals surface area contributed by atoms with Crippen molar-refractivity contribution in [1.82, 2.24) is 0 Å². The molecule has 0 N–H and O–H groups in total. The van der Waals surface area contributed by atoms with Gasteiger partial charge in [0.15, 0.2) is 0 Å². The molecule has 0 bridgehead atoms. The zero-order valence-corrected chi connectivity index (χ0v) is 11.7. The quantitative estimate of drug-likeness (QED) is 0.671. The Balaban J connectivity index is 2.63. The fraction of sp³-hybridized carbons (Fsp3) is 0.833. The van der Waals surface area contributed by atoms with E-state index in [4.69, 9.17) is 9.16 Å². The lowest BCUT2D eigenvalue weighted by atomic mass is 10.2. The van der Waals surface area contributed by atoms with Crippen molar-refractivity contribution >= 4 is 8.32 Å². The van der Waals surface area contributed by atoms with Gasteiger partial charge in [-0.25, -0.2) is 0 Å². The van der Waals surface area contributed by atoms with E-state index in [1.165, 1.54) is 0 Å². The van der Waals surface area contributed by atoms with Crippen molar-refractivity contribution in [1.29, 1.82) is 0 Å². The van der Waals surface area contributed by atoms with Crippen LogP contribution in [0.2, 0.25) is 18.1 Å². The second kappa shape index (κ2) is 4.70. The van der Waals surface area contributed by atoms with Crippen LogP contribution in [0.15, 0.2) is 11.8 Å². The molecule has 0 saturated carbocycles. The van der Waals surface area contributed by atoms with Crippen LogP contribution in [0, 0.1) is 0 Å². The summed E-state index contributed by atoms with van der Waals surface area (Å²) < 4.78 is 11.7. The van der Waals surface area contributed by atoms with E-state index in [9.17, 15) is 0 Å². The molecule has 0 amide bonds. The van der Waals surface area contributed by atoms with E-state index >= 15 is 0 Å². The highest BCUT2D eigenvalue weighted by atomic mass is 28.4. The molecule has 0 aromatic carbocycles. The summed E-state index contributed by atoms with van der Waals surface area (Å²) in [5.41, 5.74) is 0. The SMILES string of the molecule is CC(C)(C)[Si](C)(C)OC1=CCCOCC1. The van der Waals surface area contributed by atoms with Crippen LogP contribution in [0.5, 0.6) is 0 Å². The summed E-state index contributed by atoms with van der Waals surface area (Å²) in [5.74, 6) is 1.15. The van der Waals surface area contributed by atoms with Gasteiger partial charge in [-0.15, -0.1) is 0 Å². The van der Waals surface area contributed by atoms with Crippen molar-refractivity contribution in [2.45, 2.75) is 51.7 Å². The van der Waals surface area contributed by atoms with E-state index in [1.54, 1.807) is 0 Å². The van der Waals surface area contributed by atoms with Gasteiger partial charge in [0, 0.05) is 6.42 Å². The van der Waals surface area contributed by atoms with Crippen LogP contribution < -0.4 is 0 Å². The molecule has 88 valence electrons. The lowest BCUT2D eigenvalue weighted by Gasteiger charge is -2.37. The fourth-order valence-corrected chi connectivity index (χ4v) is 2.40. The van der Waals surface area contributed by atoms with E-state index in [-0.39, 0.29) is 5.04 Å². The van der Waals surface area contributed by atoms with Crippen LogP contribution in [-0.4, -0.2) is 21.5 Å². The monoisotopic (exact) mass is 228 g/mol. The highest BCUT2D eigenvalue weighted by Gasteiger charge is 2.39. The summed E-state index contributed by atoms with van der Waals surface area (Å²) in [7, 11) is -1.64. The maximum absolute atomic E-state index is 6.24. The molecule has 15 heavy (non-hydrogen) atoms. The molecular formula is C12H24O2Si. The number of hydrogen-bond donors (Lipinski definition) is 0. The average Bonchev–Trinajstić information content (AvgIpc) is 2.30. The smallest absolute Gasteiger partial charge is 0.250 e. The summed E-state index contributed by atoms with van der Waals surface area (Å²) in [6, 6.07) is 0. The predicted octanol–water partition coefficient (Wildman–Crippen LogP) is 3.70. The van der Waals surface area contributed by atoms with E-state index in [0.29, 0.717) is 0 Å². The Morgan fingerprint density at radius 3 is 2.53 bits per heavy atom. The molecular weight excluding hydrogens is 204 g/mol. The summed E-state index contributed by atoms with van der Waals surface area (Å²) in [6.07, 6.45) is 4.13. The minimum Gasteiger partial charge on any atom is -0.547 e. The van der Waals surface area contributed by atoms with Crippen LogP contribution in [0.1, 0.15) is 33.6 Å². The van der Waals surface area contributed by atoms with E-state index in [1.807, 2.05) is 0 Å². The predicted molar refractivity (Wildman–Crippen MR) is 66.4 cm³/mol. The molecule has 0 fully saturated rings. The van der Waals surface area contributed by atoms with Crippen LogP contribution in [0.4, 0.5) is 0 Å². The lowest BCUT2D eigenvalue weighted by Crippen LogP contribution is -2.40. The van der Waals surface area contributed by atoms with Crippen molar-refractivity contribution in [3.8, 4) is 0 Å². The highest BCUT2D eigenvalue weighted by Crippen LogP contribution is 2.38. The zero-order chi connectivity index (χ0) is 11.5. The first kappa shape index (κ1) is 12.8. The maximum Gasteiger partial charge on any atom is 0.250 e. The third kappa shape index (κ3) is 3.65. The standard InChI is InChI=1S/C12H24O2Si/c1-12(2,3)15(4,5)14-11-7-6-9-13-10-8-11/h7H,6,8-10H2,1-5H3. The molecule has 0 radical (unpaired) electrons.